The maximum absolute atomic E-state index is 11.4. The number of amides is 1. The Morgan fingerprint density at radius 2 is 1.93 bits per heavy atom. The lowest BCUT2D eigenvalue weighted by Crippen LogP contribution is -2.36. The molecule has 0 rings (SSSR count). The van der Waals surface area contributed by atoms with Crippen molar-refractivity contribution in [2.24, 2.45) is 5.73 Å². The standard InChI is InChI=1S/C10H21N3OS/c1-4-6-13(8-9(11)15)7-5-10(14)12(2)3/h4-8H2,1-3H3,(H2,11,15). The predicted molar refractivity (Wildman–Crippen MR) is 66.8 cm³/mol. The summed E-state index contributed by atoms with van der Waals surface area (Å²) in [5, 5.41) is 0. The molecule has 0 aliphatic carbocycles. The van der Waals surface area contributed by atoms with Gasteiger partial charge in [-0.05, 0) is 13.0 Å². The number of nitrogens with zero attached hydrogens (tertiary/aromatic N) is 2. The summed E-state index contributed by atoms with van der Waals surface area (Å²) >= 11 is 4.86. The van der Waals surface area contributed by atoms with Crippen molar-refractivity contribution in [3.63, 3.8) is 0 Å². The van der Waals surface area contributed by atoms with E-state index in [1.807, 2.05) is 0 Å². The maximum Gasteiger partial charge on any atom is 0.223 e. The summed E-state index contributed by atoms with van der Waals surface area (Å²) in [7, 11) is 3.53. The molecule has 0 saturated carbocycles. The summed E-state index contributed by atoms with van der Waals surface area (Å²) in [6, 6.07) is 0. The lowest BCUT2D eigenvalue weighted by atomic mass is 10.3. The highest BCUT2D eigenvalue weighted by molar-refractivity contribution is 7.80. The van der Waals surface area contributed by atoms with Crippen molar-refractivity contribution in [3.8, 4) is 0 Å². The van der Waals surface area contributed by atoms with Gasteiger partial charge in [-0.25, -0.2) is 0 Å². The highest BCUT2D eigenvalue weighted by Crippen LogP contribution is 1.96. The van der Waals surface area contributed by atoms with Crippen LogP contribution >= 0.6 is 12.2 Å². The summed E-state index contributed by atoms with van der Waals surface area (Å²) in [6.45, 7) is 4.35. The molecule has 0 bridgehead atoms. The van der Waals surface area contributed by atoms with Crippen molar-refractivity contribution >= 4 is 23.1 Å². The van der Waals surface area contributed by atoms with Crippen molar-refractivity contribution in [2.45, 2.75) is 19.8 Å². The molecule has 15 heavy (non-hydrogen) atoms. The first-order valence-electron chi connectivity index (χ1n) is 5.18. The van der Waals surface area contributed by atoms with Crippen LogP contribution in [0.25, 0.3) is 0 Å². The fraction of sp³-hybridized carbons (Fsp3) is 0.800. The average Bonchev–Trinajstić information content (AvgIpc) is 2.13. The molecule has 0 unspecified atom stereocenters. The molecule has 0 aliphatic heterocycles. The normalized spacial score (nSPS) is 10.4. The van der Waals surface area contributed by atoms with Crippen LogP contribution in [0.5, 0.6) is 0 Å². The largest absolute Gasteiger partial charge is 0.392 e. The van der Waals surface area contributed by atoms with Gasteiger partial charge in [0.05, 0.1) is 4.99 Å². The van der Waals surface area contributed by atoms with Gasteiger partial charge in [-0.3, -0.25) is 9.69 Å². The monoisotopic (exact) mass is 231 g/mol. The minimum atomic E-state index is 0.138. The Kier molecular flexibility index (Phi) is 7.25. The summed E-state index contributed by atoms with van der Waals surface area (Å²) in [4.78, 5) is 15.6. The molecular formula is C10H21N3OS. The molecule has 88 valence electrons. The second-order valence-corrected chi connectivity index (χ2v) is 4.31. The highest BCUT2D eigenvalue weighted by atomic mass is 32.1. The van der Waals surface area contributed by atoms with Gasteiger partial charge in [0.1, 0.15) is 0 Å². The topological polar surface area (TPSA) is 49.6 Å². The van der Waals surface area contributed by atoms with Crippen LogP contribution < -0.4 is 5.73 Å². The first-order chi connectivity index (χ1) is 6.97. The number of carbonyl (C=O) groups is 1. The smallest absolute Gasteiger partial charge is 0.223 e. The lowest BCUT2D eigenvalue weighted by Gasteiger charge is -2.21. The molecule has 0 aromatic carbocycles. The summed E-state index contributed by atoms with van der Waals surface area (Å²) in [5.41, 5.74) is 5.48. The minimum Gasteiger partial charge on any atom is -0.392 e. The van der Waals surface area contributed by atoms with E-state index in [1.54, 1.807) is 19.0 Å². The molecule has 0 aliphatic rings. The maximum atomic E-state index is 11.4. The Morgan fingerprint density at radius 3 is 2.33 bits per heavy atom. The van der Waals surface area contributed by atoms with Gasteiger partial charge < -0.3 is 10.6 Å². The van der Waals surface area contributed by atoms with E-state index in [4.69, 9.17) is 18.0 Å². The molecule has 0 aromatic rings. The van der Waals surface area contributed by atoms with E-state index >= 15 is 0 Å². The zero-order chi connectivity index (χ0) is 11.8. The van der Waals surface area contributed by atoms with Gasteiger partial charge in [-0.15, -0.1) is 0 Å². The van der Waals surface area contributed by atoms with Crippen molar-refractivity contribution in [1.29, 1.82) is 0 Å². The van der Waals surface area contributed by atoms with Crippen LogP contribution in [-0.2, 0) is 4.79 Å². The van der Waals surface area contributed by atoms with E-state index < -0.39 is 0 Å². The van der Waals surface area contributed by atoms with Crippen molar-refractivity contribution in [2.75, 3.05) is 33.7 Å². The van der Waals surface area contributed by atoms with Crippen LogP contribution in [0, 0.1) is 0 Å². The molecule has 0 fully saturated rings. The number of hydrogen-bond donors (Lipinski definition) is 1. The molecule has 4 nitrogen and oxygen atoms in total. The third kappa shape index (κ3) is 7.27. The van der Waals surface area contributed by atoms with Gasteiger partial charge in [0.15, 0.2) is 0 Å². The van der Waals surface area contributed by atoms with Crippen molar-refractivity contribution < 1.29 is 4.79 Å². The number of hydrogen-bond acceptors (Lipinski definition) is 3. The Hall–Kier alpha value is -0.680. The zero-order valence-corrected chi connectivity index (χ0v) is 10.6. The first-order valence-corrected chi connectivity index (χ1v) is 5.59. The molecule has 0 saturated heterocycles. The fourth-order valence-corrected chi connectivity index (χ4v) is 1.47. The highest BCUT2D eigenvalue weighted by Gasteiger charge is 2.09. The van der Waals surface area contributed by atoms with Gasteiger partial charge in [0.25, 0.3) is 0 Å². The number of carbonyl (C=O) groups excluding carboxylic acids is 1. The molecule has 0 radical (unpaired) electrons. The van der Waals surface area contributed by atoms with E-state index in [-0.39, 0.29) is 5.91 Å². The average molecular weight is 231 g/mol. The molecule has 0 heterocycles. The van der Waals surface area contributed by atoms with Gasteiger partial charge >= 0.3 is 0 Å². The van der Waals surface area contributed by atoms with Gasteiger partial charge in [-0.2, -0.15) is 0 Å². The van der Waals surface area contributed by atoms with Crippen LogP contribution in [0.4, 0.5) is 0 Å². The van der Waals surface area contributed by atoms with Crippen LogP contribution in [-0.4, -0.2) is 54.4 Å². The van der Waals surface area contributed by atoms with Crippen LogP contribution in [0.1, 0.15) is 19.8 Å². The van der Waals surface area contributed by atoms with E-state index in [0.717, 1.165) is 19.5 Å². The van der Waals surface area contributed by atoms with E-state index in [1.165, 1.54) is 0 Å². The third-order valence-electron chi connectivity index (χ3n) is 2.06. The van der Waals surface area contributed by atoms with E-state index in [2.05, 4.69) is 11.8 Å². The Balaban J connectivity index is 3.95. The molecule has 1 amide bonds. The summed E-state index contributed by atoms with van der Waals surface area (Å²) < 4.78 is 0. The quantitative estimate of drug-likeness (QED) is 0.647. The predicted octanol–water partition coefficient (Wildman–Crippen LogP) is 0.463. The Bertz CT molecular complexity index is 219. The molecule has 0 spiro atoms. The van der Waals surface area contributed by atoms with E-state index in [9.17, 15) is 4.79 Å². The number of thiocarbonyl (C=S) groups is 1. The Labute approximate surface area is 97.4 Å². The number of rotatable bonds is 7. The van der Waals surface area contributed by atoms with Crippen LogP contribution in [0.15, 0.2) is 0 Å². The SMILES string of the molecule is CCCN(CCC(=O)N(C)C)CC(N)=S. The van der Waals surface area contributed by atoms with Gasteiger partial charge in [-0.1, -0.05) is 19.1 Å². The second-order valence-electron chi connectivity index (χ2n) is 3.78. The van der Waals surface area contributed by atoms with Crippen molar-refractivity contribution in [1.82, 2.24) is 9.80 Å². The second kappa shape index (κ2) is 7.59. The summed E-state index contributed by atoms with van der Waals surface area (Å²) in [5.74, 6) is 0.138. The zero-order valence-electron chi connectivity index (χ0n) is 9.82. The van der Waals surface area contributed by atoms with Crippen LogP contribution in [0.3, 0.4) is 0 Å². The van der Waals surface area contributed by atoms with Gasteiger partial charge in [0, 0.05) is 33.6 Å². The summed E-state index contributed by atoms with van der Waals surface area (Å²) in [6.07, 6.45) is 1.56. The number of nitrogens with two attached hydrogens (primary N) is 1. The molecule has 5 heteroatoms. The van der Waals surface area contributed by atoms with E-state index in [0.29, 0.717) is 18.0 Å². The van der Waals surface area contributed by atoms with Crippen LogP contribution in [0.2, 0.25) is 0 Å². The molecule has 0 atom stereocenters. The molecule has 0 aromatic heterocycles. The van der Waals surface area contributed by atoms with Crippen molar-refractivity contribution in [3.05, 3.63) is 0 Å². The fourth-order valence-electron chi connectivity index (χ4n) is 1.28. The third-order valence-corrected chi connectivity index (χ3v) is 2.19. The minimum absolute atomic E-state index is 0.138. The lowest BCUT2D eigenvalue weighted by molar-refractivity contribution is -0.129. The molecular weight excluding hydrogens is 210 g/mol. The Morgan fingerprint density at radius 1 is 1.33 bits per heavy atom. The molecule has 2 N–H and O–H groups in total. The first kappa shape index (κ1) is 14.3. The van der Waals surface area contributed by atoms with Gasteiger partial charge in [0.2, 0.25) is 5.91 Å².